The van der Waals surface area contributed by atoms with Crippen LogP contribution in [0.4, 0.5) is 5.69 Å². The molecule has 2 amide bonds. The summed E-state index contributed by atoms with van der Waals surface area (Å²) in [5.41, 5.74) is 7.19. The van der Waals surface area contributed by atoms with E-state index in [2.05, 4.69) is 55.6 Å². The van der Waals surface area contributed by atoms with Crippen molar-refractivity contribution in [3.63, 3.8) is 0 Å². The highest BCUT2D eigenvalue weighted by Crippen LogP contribution is 2.42. The molecule has 1 aliphatic rings. The molecule has 40 heavy (non-hydrogen) atoms. The molecule has 0 saturated carbocycles. The van der Waals surface area contributed by atoms with Gasteiger partial charge in [0.05, 0.1) is 17.1 Å². The third-order valence-corrected chi connectivity index (χ3v) is 8.30. The van der Waals surface area contributed by atoms with Crippen LogP contribution < -0.4 is 10.2 Å². The summed E-state index contributed by atoms with van der Waals surface area (Å²) in [7, 11) is 0. The van der Waals surface area contributed by atoms with Gasteiger partial charge in [0, 0.05) is 16.5 Å². The van der Waals surface area contributed by atoms with Crippen LogP contribution in [0, 0.1) is 13.8 Å². The first-order valence-corrected chi connectivity index (χ1v) is 14.5. The maximum atomic E-state index is 13.7. The van der Waals surface area contributed by atoms with Gasteiger partial charge in [0.15, 0.2) is 0 Å². The van der Waals surface area contributed by atoms with E-state index in [9.17, 15) is 9.59 Å². The molecule has 5 heteroatoms. The lowest BCUT2D eigenvalue weighted by Crippen LogP contribution is -2.34. The normalized spacial score (nSPS) is 14.6. The summed E-state index contributed by atoms with van der Waals surface area (Å²) in [5, 5.41) is 3.10. The molecule has 0 radical (unpaired) electrons. The zero-order valence-corrected chi connectivity index (χ0v) is 24.0. The van der Waals surface area contributed by atoms with Gasteiger partial charge in [0.25, 0.3) is 11.8 Å². The van der Waals surface area contributed by atoms with Crippen molar-refractivity contribution >= 4 is 35.3 Å². The fourth-order valence-corrected chi connectivity index (χ4v) is 5.91. The molecule has 1 heterocycles. The largest absolute Gasteiger partial charge is 0.350 e. The minimum atomic E-state index is -0.0866. The Morgan fingerprint density at radius 1 is 0.925 bits per heavy atom. The fraction of sp³-hybridized carbons (Fsp3) is 0.200. The lowest BCUT2D eigenvalue weighted by atomic mass is 10.0. The van der Waals surface area contributed by atoms with Crippen LogP contribution in [0.3, 0.4) is 0 Å². The Kier molecular flexibility index (Phi) is 8.51. The van der Waals surface area contributed by atoms with Crippen LogP contribution in [0.5, 0.6) is 0 Å². The number of aryl methyl sites for hydroxylation is 3. The molecule has 0 bridgehead atoms. The number of nitrogens with zero attached hydrogens (tertiary/aromatic N) is 1. The minimum absolute atomic E-state index is 0.0151. The molecule has 0 saturated heterocycles. The van der Waals surface area contributed by atoms with Gasteiger partial charge < -0.3 is 10.2 Å². The maximum Gasteiger partial charge on any atom is 0.265 e. The van der Waals surface area contributed by atoms with Crippen molar-refractivity contribution < 1.29 is 9.59 Å². The third-order valence-electron chi connectivity index (χ3n) is 7.22. The van der Waals surface area contributed by atoms with Gasteiger partial charge in [0.2, 0.25) is 0 Å². The smallest absolute Gasteiger partial charge is 0.265 e. The number of para-hydroxylation sites is 1. The van der Waals surface area contributed by atoms with Crippen molar-refractivity contribution in [3.05, 3.63) is 135 Å². The maximum absolute atomic E-state index is 13.7. The van der Waals surface area contributed by atoms with Gasteiger partial charge in [-0.05, 0) is 86.2 Å². The van der Waals surface area contributed by atoms with E-state index in [-0.39, 0.29) is 17.9 Å². The number of carbonyl (C=O) groups is 2. The molecule has 0 fully saturated rings. The van der Waals surface area contributed by atoms with Gasteiger partial charge in [-0.3, -0.25) is 9.59 Å². The molecule has 1 aliphatic heterocycles. The van der Waals surface area contributed by atoms with E-state index in [1.165, 1.54) is 28.5 Å². The summed E-state index contributed by atoms with van der Waals surface area (Å²) in [4.78, 5) is 30.2. The highest BCUT2D eigenvalue weighted by atomic mass is 32.2. The quantitative estimate of drug-likeness (QED) is 0.230. The van der Waals surface area contributed by atoms with Crippen LogP contribution in [0.25, 0.3) is 6.08 Å². The lowest BCUT2D eigenvalue weighted by Gasteiger charge is -2.31. The Balaban J connectivity index is 1.29. The molecule has 4 nitrogen and oxygen atoms in total. The number of amides is 2. The predicted molar refractivity (Wildman–Crippen MR) is 166 cm³/mol. The van der Waals surface area contributed by atoms with E-state index in [0.717, 1.165) is 34.6 Å². The molecule has 4 aromatic rings. The van der Waals surface area contributed by atoms with Crippen LogP contribution in [0.15, 0.2) is 107 Å². The molecular weight excluding hydrogens is 512 g/mol. The van der Waals surface area contributed by atoms with Crippen molar-refractivity contribution in [1.82, 2.24) is 5.32 Å². The summed E-state index contributed by atoms with van der Waals surface area (Å²) >= 11 is 1.49. The second-order valence-electron chi connectivity index (χ2n) is 10.4. The first-order valence-electron chi connectivity index (χ1n) is 13.7. The Morgan fingerprint density at radius 2 is 1.65 bits per heavy atom. The highest BCUT2D eigenvalue weighted by molar-refractivity contribution is 8.04. The molecular formula is C35H34N2O2S. The summed E-state index contributed by atoms with van der Waals surface area (Å²) in [6, 6.07) is 32.2. The molecule has 1 unspecified atom stereocenters. The van der Waals surface area contributed by atoms with E-state index in [4.69, 9.17) is 0 Å². The average molecular weight is 547 g/mol. The highest BCUT2D eigenvalue weighted by Gasteiger charge is 2.29. The number of rotatable bonds is 8. The Hall–Kier alpha value is -4.09. The number of thioether (sulfide) groups is 1. The Bertz CT molecular complexity index is 1540. The van der Waals surface area contributed by atoms with Gasteiger partial charge in [-0.15, -0.1) is 0 Å². The molecule has 0 spiro atoms. The molecule has 1 atom stereocenters. The Morgan fingerprint density at radius 3 is 2.42 bits per heavy atom. The summed E-state index contributed by atoms with van der Waals surface area (Å²) in [6.45, 7) is 6.71. The fourth-order valence-electron chi connectivity index (χ4n) is 4.85. The van der Waals surface area contributed by atoms with Crippen LogP contribution in [0.2, 0.25) is 0 Å². The van der Waals surface area contributed by atoms with E-state index < -0.39 is 0 Å². The Labute approximate surface area is 241 Å². The summed E-state index contributed by atoms with van der Waals surface area (Å²) in [5.74, 6) is -0.102. The van der Waals surface area contributed by atoms with E-state index >= 15 is 0 Å². The number of anilines is 1. The van der Waals surface area contributed by atoms with E-state index in [1.807, 2.05) is 78.6 Å². The number of nitrogens with one attached hydrogen (secondary N) is 1. The zero-order chi connectivity index (χ0) is 28.1. The van der Waals surface area contributed by atoms with Gasteiger partial charge >= 0.3 is 0 Å². The van der Waals surface area contributed by atoms with E-state index in [0.29, 0.717) is 17.0 Å². The third kappa shape index (κ3) is 6.54. The van der Waals surface area contributed by atoms with Crippen LogP contribution in [-0.2, 0) is 17.8 Å². The second-order valence-corrected chi connectivity index (χ2v) is 11.5. The van der Waals surface area contributed by atoms with Gasteiger partial charge in [-0.1, -0.05) is 90.1 Å². The molecule has 202 valence electrons. The van der Waals surface area contributed by atoms with Crippen LogP contribution in [-0.4, -0.2) is 17.9 Å². The number of fused-ring (bicyclic) bond motifs is 1. The van der Waals surface area contributed by atoms with Crippen molar-refractivity contribution in [2.45, 2.75) is 51.1 Å². The van der Waals surface area contributed by atoms with Crippen molar-refractivity contribution in [3.8, 4) is 0 Å². The van der Waals surface area contributed by atoms with Gasteiger partial charge in [0.1, 0.15) is 0 Å². The number of hydrogen-bond acceptors (Lipinski definition) is 3. The lowest BCUT2D eigenvalue weighted by molar-refractivity contribution is -0.114. The predicted octanol–water partition coefficient (Wildman–Crippen LogP) is 7.73. The van der Waals surface area contributed by atoms with Crippen LogP contribution in [0.1, 0.15) is 51.5 Å². The summed E-state index contributed by atoms with van der Waals surface area (Å²) in [6.07, 6.45) is 3.71. The SMILES string of the molecule is Cc1ccc(C)c(CN2C(=O)C(=Cc3ccc(C(=O)NC(C)CCc4ccccc4)cc3)Sc3ccccc32)c1. The molecule has 5 rings (SSSR count). The molecule has 4 aromatic carbocycles. The van der Waals surface area contributed by atoms with Crippen molar-refractivity contribution in [1.29, 1.82) is 0 Å². The standard InChI is InChI=1S/C35H34N2O2S/c1-24-13-14-25(2)30(21-24)23-37-31-11-7-8-12-32(31)40-33(35(37)39)22-28-17-19-29(20-18-28)34(38)36-26(3)15-16-27-9-5-4-6-10-27/h4-14,17-22,26H,15-16,23H2,1-3H3,(H,36,38). The zero-order valence-electron chi connectivity index (χ0n) is 23.2. The van der Waals surface area contributed by atoms with Crippen LogP contribution >= 0.6 is 11.8 Å². The number of hydrogen-bond donors (Lipinski definition) is 1. The number of benzene rings is 4. The van der Waals surface area contributed by atoms with Crippen molar-refractivity contribution in [2.75, 3.05) is 4.90 Å². The first kappa shape index (κ1) is 27.5. The second kappa shape index (κ2) is 12.4. The topological polar surface area (TPSA) is 49.4 Å². The van der Waals surface area contributed by atoms with E-state index in [1.54, 1.807) is 0 Å². The minimum Gasteiger partial charge on any atom is -0.350 e. The molecule has 0 aromatic heterocycles. The first-order chi connectivity index (χ1) is 19.4. The molecule has 0 aliphatic carbocycles. The number of carbonyl (C=O) groups excluding carboxylic acids is 2. The summed E-state index contributed by atoms with van der Waals surface area (Å²) < 4.78 is 0. The van der Waals surface area contributed by atoms with Crippen molar-refractivity contribution in [2.24, 2.45) is 0 Å². The monoisotopic (exact) mass is 546 g/mol. The van der Waals surface area contributed by atoms with Gasteiger partial charge in [-0.25, -0.2) is 0 Å². The van der Waals surface area contributed by atoms with Gasteiger partial charge in [-0.2, -0.15) is 0 Å². The molecule has 1 N–H and O–H groups in total. The average Bonchev–Trinajstić information content (AvgIpc) is 2.97.